The number of aldehydes is 1. The summed E-state index contributed by atoms with van der Waals surface area (Å²) in [5.41, 5.74) is 21.7. The predicted molar refractivity (Wildman–Crippen MR) is 187 cm³/mol. The molecule has 0 aliphatic heterocycles. The van der Waals surface area contributed by atoms with Crippen molar-refractivity contribution in [2.75, 3.05) is 6.54 Å². The van der Waals surface area contributed by atoms with Gasteiger partial charge in [0.05, 0.1) is 18.6 Å². The molecule has 0 aliphatic carbocycles. The zero-order valence-corrected chi connectivity index (χ0v) is 30.4. The molecule has 0 saturated heterocycles. The highest BCUT2D eigenvalue weighted by Gasteiger charge is 2.33. The molecule has 6 amide bonds. The van der Waals surface area contributed by atoms with Crippen LogP contribution in [0.15, 0.2) is 4.99 Å². The smallest absolute Gasteiger partial charge is 0.243 e. The third kappa shape index (κ3) is 19.0. The SMILES string of the molecule is CC(C)C[C@H](NC(=O)[C@H](CC(C)C)NC(=O)[C@H](CCCN=C(N)N)NC(=O)[C@@H](N)CC(N)=O)C(=O)N[C@@H](CC(C)C)C(=O)N[C@H](C=O)[C@@H](C)O. The summed E-state index contributed by atoms with van der Waals surface area (Å²) >= 11 is 0. The van der Waals surface area contributed by atoms with E-state index in [9.17, 15) is 38.7 Å². The van der Waals surface area contributed by atoms with Gasteiger partial charge in [-0.15, -0.1) is 0 Å². The highest BCUT2D eigenvalue weighted by atomic mass is 16.3. The summed E-state index contributed by atoms with van der Waals surface area (Å²) in [5.74, 6) is -4.73. The molecule has 18 nitrogen and oxygen atoms in total. The predicted octanol–water partition coefficient (Wildman–Crippen LogP) is -2.62. The molecule has 0 aromatic rings. The average molecular weight is 713 g/mol. The number of aliphatic hydroxyl groups excluding tert-OH is 1. The second-order valence-corrected chi connectivity index (χ2v) is 13.8. The fraction of sp³-hybridized carbons (Fsp3) is 0.750. The first-order valence-corrected chi connectivity index (χ1v) is 16.9. The molecule has 0 aliphatic rings. The van der Waals surface area contributed by atoms with Crippen molar-refractivity contribution in [3.8, 4) is 0 Å². The molecule has 0 saturated carbocycles. The zero-order valence-electron chi connectivity index (χ0n) is 30.4. The monoisotopic (exact) mass is 712 g/mol. The molecule has 0 spiro atoms. The van der Waals surface area contributed by atoms with Crippen molar-refractivity contribution >= 4 is 47.7 Å². The highest BCUT2D eigenvalue weighted by molar-refractivity contribution is 5.96. The van der Waals surface area contributed by atoms with Crippen LogP contribution in [0.2, 0.25) is 0 Å². The lowest BCUT2D eigenvalue weighted by molar-refractivity contribution is -0.135. The first-order chi connectivity index (χ1) is 23.2. The largest absolute Gasteiger partial charge is 0.391 e. The zero-order chi connectivity index (χ0) is 38.7. The third-order valence-electron chi connectivity index (χ3n) is 7.33. The minimum absolute atomic E-state index is 0.0469. The number of hydrogen-bond donors (Lipinski definition) is 10. The van der Waals surface area contributed by atoms with E-state index in [0.29, 0.717) is 6.29 Å². The Morgan fingerprint density at radius 1 is 0.640 bits per heavy atom. The van der Waals surface area contributed by atoms with Crippen molar-refractivity contribution in [3.05, 3.63) is 0 Å². The Labute approximate surface area is 294 Å². The van der Waals surface area contributed by atoms with E-state index < -0.39 is 84.2 Å². The molecule has 50 heavy (non-hydrogen) atoms. The lowest BCUT2D eigenvalue weighted by Crippen LogP contribution is -2.60. The maximum Gasteiger partial charge on any atom is 0.243 e. The normalized spacial score (nSPS) is 15.4. The molecule has 0 aromatic heterocycles. The molecular weight excluding hydrogens is 652 g/mol. The van der Waals surface area contributed by atoms with E-state index >= 15 is 0 Å². The molecule has 0 aromatic carbocycles. The Balaban J connectivity index is 6.19. The molecule has 286 valence electrons. The fourth-order valence-electron chi connectivity index (χ4n) is 4.82. The Kier molecular flexibility index (Phi) is 21.2. The second-order valence-electron chi connectivity index (χ2n) is 13.8. The number of nitrogens with one attached hydrogen (secondary N) is 5. The first-order valence-electron chi connectivity index (χ1n) is 16.9. The van der Waals surface area contributed by atoms with Gasteiger partial charge in [0.15, 0.2) is 5.96 Å². The molecule has 18 heteroatoms. The summed E-state index contributed by atoms with van der Waals surface area (Å²) in [5, 5.41) is 22.8. The van der Waals surface area contributed by atoms with Crippen molar-refractivity contribution in [1.29, 1.82) is 0 Å². The van der Waals surface area contributed by atoms with E-state index in [2.05, 4.69) is 31.6 Å². The van der Waals surface area contributed by atoms with Crippen molar-refractivity contribution in [2.24, 2.45) is 45.7 Å². The Hall–Kier alpha value is -4.32. The van der Waals surface area contributed by atoms with Gasteiger partial charge in [0.2, 0.25) is 35.4 Å². The van der Waals surface area contributed by atoms with E-state index in [0.717, 1.165) is 0 Å². The number of amides is 6. The van der Waals surface area contributed by atoms with Crippen LogP contribution in [0.25, 0.3) is 0 Å². The lowest BCUT2D eigenvalue weighted by Gasteiger charge is -2.29. The Morgan fingerprint density at radius 3 is 1.36 bits per heavy atom. The number of carbonyl (C=O) groups is 7. The number of aliphatic imine (C=N–C) groups is 1. The van der Waals surface area contributed by atoms with Crippen LogP contribution in [0.3, 0.4) is 0 Å². The van der Waals surface area contributed by atoms with Gasteiger partial charge < -0.3 is 59.4 Å². The summed E-state index contributed by atoms with van der Waals surface area (Å²) in [4.78, 5) is 93.1. The number of hydrogen-bond acceptors (Lipinski definition) is 10. The van der Waals surface area contributed by atoms with Crippen LogP contribution in [-0.2, 0) is 33.6 Å². The topological polar surface area (TPSA) is 316 Å². The molecule has 14 N–H and O–H groups in total. The minimum atomic E-state index is -1.32. The van der Waals surface area contributed by atoms with E-state index in [-0.39, 0.29) is 62.4 Å². The van der Waals surface area contributed by atoms with Crippen molar-refractivity contribution in [1.82, 2.24) is 26.6 Å². The summed E-state index contributed by atoms with van der Waals surface area (Å²) in [6.45, 7) is 12.5. The summed E-state index contributed by atoms with van der Waals surface area (Å²) in [7, 11) is 0. The average Bonchev–Trinajstić information content (AvgIpc) is 2.98. The van der Waals surface area contributed by atoms with Crippen LogP contribution in [-0.4, -0.2) is 102 Å². The van der Waals surface area contributed by atoms with Crippen molar-refractivity contribution in [2.45, 2.75) is 129 Å². The van der Waals surface area contributed by atoms with Gasteiger partial charge in [0.1, 0.15) is 36.5 Å². The number of carbonyl (C=O) groups excluding carboxylic acids is 7. The third-order valence-corrected chi connectivity index (χ3v) is 7.33. The number of aliphatic hydroxyl groups is 1. The van der Waals surface area contributed by atoms with Crippen LogP contribution in [0.1, 0.15) is 87.0 Å². The summed E-state index contributed by atoms with van der Waals surface area (Å²) < 4.78 is 0. The van der Waals surface area contributed by atoms with Crippen molar-refractivity contribution < 1.29 is 38.7 Å². The minimum Gasteiger partial charge on any atom is -0.391 e. The molecule has 0 rings (SSSR count). The van der Waals surface area contributed by atoms with Crippen LogP contribution in [0.4, 0.5) is 0 Å². The van der Waals surface area contributed by atoms with E-state index in [1.54, 1.807) is 0 Å². The van der Waals surface area contributed by atoms with Gasteiger partial charge >= 0.3 is 0 Å². The molecule has 0 radical (unpaired) electrons. The summed E-state index contributed by atoms with van der Waals surface area (Å²) in [6.07, 6.45) is -0.361. The first kappa shape index (κ1) is 45.7. The Bertz CT molecular complexity index is 1170. The maximum absolute atomic E-state index is 13.7. The number of rotatable bonds is 24. The van der Waals surface area contributed by atoms with E-state index in [1.807, 2.05) is 41.5 Å². The van der Waals surface area contributed by atoms with Gasteiger partial charge in [-0.2, -0.15) is 0 Å². The van der Waals surface area contributed by atoms with Crippen LogP contribution in [0.5, 0.6) is 0 Å². The number of nitrogens with zero attached hydrogens (tertiary/aromatic N) is 1. The van der Waals surface area contributed by atoms with Crippen LogP contribution < -0.4 is 49.5 Å². The van der Waals surface area contributed by atoms with Gasteiger partial charge in [-0.25, -0.2) is 0 Å². The Morgan fingerprint density at radius 2 is 1.02 bits per heavy atom. The second kappa shape index (κ2) is 23.2. The van der Waals surface area contributed by atoms with Gasteiger partial charge in [-0.1, -0.05) is 41.5 Å². The number of guanidine groups is 1. The van der Waals surface area contributed by atoms with E-state index in [1.165, 1.54) is 6.92 Å². The standard InChI is InChI=1S/C32H60N10O8/c1-16(2)11-22(39-28(47)21(9-8-10-37-32(35)36)38-27(46)20(33)14-26(34)45)29(48)40-23(12-17(3)4)30(49)41-24(13-18(5)6)31(50)42-25(15-43)19(7)44/h15-25,44H,8-14,33H2,1-7H3,(H2,34,45)(H,38,46)(H,39,47)(H,40,48)(H,41,49)(H,42,50)(H4,35,36,37)/t19-,20+,21+,22+,23+,24+,25-/m1/s1. The quantitative estimate of drug-likeness (QED) is 0.0214. The van der Waals surface area contributed by atoms with Gasteiger partial charge in [0.25, 0.3) is 0 Å². The number of primary amides is 1. The molecule has 0 bridgehead atoms. The molecule has 7 atom stereocenters. The number of nitrogens with two attached hydrogens (primary N) is 4. The maximum atomic E-state index is 13.7. The van der Waals surface area contributed by atoms with Crippen molar-refractivity contribution in [3.63, 3.8) is 0 Å². The highest BCUT2D eigenvalue weighted by Crippen LogP contribution is 2.12. The summed E-state index contributed by atoms with van der Waals surface area (Å²) in [6, 6.07) is -7.03. The van der Waals surface area contributed by atoms with Gasteiger partial charge in [-0.05, 0) is 56.8 Å². The van der Waals surface area contributed by atoms with E-state index in [4.69, 9.17) is 22.9 Å². The van der Waals surface area contributed by atoms with Gasteiger partial charge in [-0.3, -0.25) is 33.8 Å². The molecule has 0 unspecified atom stereocenters. The molecule has 0 heterocycles. The lowest BCUT2D eigenvalue weighted by atomic mass is 9.98. The molecule has 0 fully saturated rings. The van der Waals surface area contributed by atoms with Crippen LogP contribution >= 0.6 is 0 Å². The van der Waals surface area contributed by atoms with Gasteiger partial charge in [0, 0.05) is 6.54 Å². The fourth-order valence-corrected chi connectivity index (χ4v) is 4.82. The molecular formula is C32H60N10O8. The van der Waals surface area contributed by atoms with Crippen LogP contribution in [0, 0.1) is 17.8 Å².